The van der Waals surface area contributed by atoms with Gasteiger partial charge < -0.3 is 5.73 Å². The Morgan fingerprint density at radius 1 is 1.30 bits per heavy atom. The Kier molecular flexibility index (Phi) is 3.44. The molecular formula is C11H8BrN3O2S3. The van der Waals surface area contributed by atoms with Gasteiger partial charge >= 0.3 is 0 Å². The summed E-state index contributed by atoms with van der Waals surface area (Å²) < 4.78 is 28.6. The number of halogens is 1. The fourth-order valence-electron chi connectivity index (χ4n) is 1.62. The molecule has 2 heterocycles. The van der Waals surface area contributed by atoms with Gasteiger partial charge in [-0.1, -0.05) is 11.3 Å². The van der Waals surface area contributed by atoms with Crippen LogP contribution in [0.25, 0.3) is 10.2 Å². The molecule has 104 valence electrons. The third-order valence-electron chi connectivity index (χ3n) is 2.46. The molecule has 2 aromatic heterocycles. The van der Waals surface area contributed by atoms with E-state index in [0.717, 1.165) is 16.0 Å². The first kappa shape index (κ1) is 13.8. The maximum absolute atomic E-state index is 12.2. The monoisotopic (exact) mass is 389 g/mol. The Hall–Kier alpha value is -1.16. The zero-order valence-corrected chi connectivity index (χ0v) is 13.9. The summed E-state index contributed by atoms with van der Waals surface area (Å²) in [4.78, 5) is 4.24. The van der Waals surface area contributed by atoms with Gasteiger partial charge in [0.2, 0.25) is 0 Å². The fourth-order valence-corrected chi connectivity index (χ4v) is 6.11. The van der Waals surface area contributed by atoms with Crippen molar-refractivity contribution in [1.29, 1.82) is 0 Å². The van der Waals surface area contributed by atoms with Gasteiger partial charge in [-0.15, -0.1) is 11.3 Å². The van der Waals surface area contributed by atoms with E-state index in [-0.39, 0.29) is 4.21 Å². The zero-order valence-electron chi connectivity index (χ0n) is 9.83. The molecule has 20 heavy (non-hydrogen) atoms. The van der Waals surface area contributed by atoms with E-state index in [9.17, 15) is 8.42 Å². The number of thiophene rings is 1. The summed E-state index contributed by atoms with van der Waals surface area (Å²) in [5.74, 6) is 0. The number of fused-ring (bicyclic) bond motifs is 1. The minimum absolute atomic E-state index is 0.233. The van der Waals surface area contributed by atoms with Gasteiger partial charge in [-0.25, -0.2) is 13.4 Å². The second kappa shape index (κ2) is 4.99. The largest absolute Gasteiger partial charge is 0.399 e. The van der Waals surface area contributed by atoms with Crippen molar-refractivity contribution in [1.82, 2.24) is 4.98 Å². The second-order valence-electron chi connectivity index (χ2n) is 3.91. The van der Waals surface area contributed by atoms with Gasteiger partial charge in [0, 0.05) is 10.2 Å². The highest BCUT2D eigenvalue weighted by Gasteiger charge is 2.20. The third kappa shape index (κ3) is 2.53. The van der Waals surface area contributed by atoms with Crippen LogP contribution < -0.4 is 10.5 Å². The normalized spacial score (nSPS) is 11.8. The van der Waals surface area contributed by atoms with E-state index in [2.05, 4.69) is 25.6 Å². The van der Waals surface area contributed by atoms with Crippen LogP contribution in [0.4, 0.5) is 10.8 Å². The number of thiazole rings is 1. The van der Waals surface area contributed by atoms with Crippen LogP contribution >= 0.6 is 38.6 Å². The predicted molar refractivity (Wildman–Crippen MR) is 86.9 cm³/mol. The van der Waals surface area contributed by atoms with Gasteiger partial charge in [-0.3, -0.25) is 4.72 Å². The highest BCUT2D eigenvalue weighted by molar-refractivity contribution is 9.10. The summed E-state index contributed by atoms with van der Waals surface area (Å²) in [5, 5.41) is 2.03. The number of sulfonamides is 1. The van der Waals surface area contributed by atoms with E-state index in [1.165, 1.54) is 11.3 Å². The molecule has 3 N–H and O–H groups in total. The van der Waals surface area contributed by atoms with Crippen molar-refractivity contribution < 1.29 is 8.42 Å². The highest BCUT2D eigenvalue weighted by Crippen LogP contribution is 2.32. The number of hydrogen-bond donors (Lipinski definition) is 2. The summed E-state index contributed by atoms with van der Waals surface area (Å²) in [7, 11) is -3.62. The maximum atomic E-state index is 12.2. The Morgan fingerprint density at radius 2 is 2.10 bits per heavy atom. The molecular weight excluding hydrogens is 382 g/mol. The Balaban J connectivity index is 1.99. The third-order valence-corrected chi connectivity index (χ3v) is 7.53. The lowest BCUT2D eigenvalue weighted by Crippen LogP contribution is -2.11. The average Bonchev–Trinajstić information content (AvgIpc) is 2.93. The van der Waals surface area contributed by atoms with Crippen molar-refractivity contribution in [2.75, 3.05) is 10.5 Å². The smallest absolute Gasteiger partial charge is 0.274 e. The molecule has 3 aromatic rings. The Bertz CT molecular complexity index is 885. The van der Waals surface area contributed by atoms with E-state index in [1.54, 1.807) is 29.6 Å². The summed E-state index contributed by atoms with van der Waals surface area (Å²) in [5.41, 5.74) is 7.03. The molecule has 0 aliphatic rings. The van der Waals surface area contributed by atoms with Crippen LogP contribution in [0.5, 0.6) is 0 Å². The van der Waals surface area contributed by atoms with Crippen LogP contribution in [-0.2, 0) is 10.0 Å². The molecule has 0 unspecified atom stereocenters. The van der Waals surface area contributed by atoms with E-state index >= 15 is 0 Å². The lowest BCUT2D eigenvalue weighted by Gasteiger charge is -2.02. The first-order valence-corrected chi connectivity index (χ1v) is 9.35. The Labute approximate surface area is 131 Å². The Morgan fingerprint density at radius 3 is 2.80 bits per heavy atom. The van der Waals surface area contributed by atoms with E-state index in [0.29, 0.717) is 20.8 Å². The molecule has 0 saturated heterocycles. The number of nitrogens with zero attached hydrogens (tertiary/aromatic N) is 1. The van der Waals surface area contributed by atoms with Crippen LogP contribution in [0.2, 0.25) is 0 Å². The molecule has 0 aliphatic carbocycles. The van der Waals surface area contributed by atoms with Gasteiger partial charge in [-0.2, -0.15) is 0 Å². The van der Waals surface area contributed by atoms with E-state index in [1.807, 2.05) is 0 Å². The number of nitrogen functional groups attached to an aromatic ring is 1. The lowest BCUT2D eigenvalue weighted by molar-refractivity contribution is 0.603. The molecule has 0 radical (unpaired) electrons. The first-order valence-electron chi connectivity index (χ1n) is 5.37. The first-order chi connectivity index (χ1) is 9.45. The van der Waals surface area contributed by atoms with E-state index in [4.69, 9.17) is 5.73 Å². The summed E-state index contributed by atoms with van der Waals surface area (Å²) >= 11 is 5.61. The van der Waals surface area contributed by atoms with Crippen molar-refractivity contribution >= 4 is 69.7 Å². The topological polar surface area (TPSA) is 85.1 Å². The van der Waals surface area contributed by atoms with Crippen molar-refractivity contribution in [3.63, 3.8) is 0 Å². The fraction of sp³-hybridized carbons (Fsp3) is 0. The molecule has 9 heteroatoms. The van der Waals surface area contributed by atoms with Gasteiger partial charge in [-0.05, 0) is 45.6 Å². The van der Waals surface area contributed by atoms with Gasteiger partial charge in [0.15, 0.2) is 9.34 Å². The van der Waals surface area contributed by atoms with Crippen LogP contribution in [-0.4, -0.2) is 13.4 Å². The maximum Gasteiger partial charge on any atom is 0.274 e. The number of benzene rings is 1. The van der Waals surface area contributed by atoms with Gasteiger partial charge in [0.1, 0.15) is 0 Å². The second-order valence-corrected chi connectivity index (χ2v) is 8.59. The minimum Gasteiger partial charge on any atom is -0.399 e. The molecule has 3 rings (SSSR count). The summed E-state index contributed by atoms with van der Waals surface area (Å²) in [6, 6.07) is 6.96. The zero-order chi connectivity index (χ0) is 14.3. The SMILES string of the molecule is Nc1ccc2nc(NS(=O)(=O)c3sccc3Br)sc2c1. The number of rotatable bonds is 3. The van der Waals surface area contributed by atoms with Crippen molar-refractivity contribution in [3.8, 4) is 0 Å². The van der Waals surface area contributed by atoms with E-state index < -0.39 is 10.0 Å². The quantitative estimate of drug-likeness (QED) is 0.671. The standard InChI is InChI=1S/C11H8BrN3O2S3/c12-7-3-4-18-10(7)20(16,17)15-11-14-8-2-1-6(13)5-9(8)19-11/h1-5H,13H2,(H,14,15). The molecule has 0 fully saturated rings. The number of anilines is 2. The summed E-state index contributed by atoms with van der Waals surface area (Å²) in [6.07, 6.45) is 0. The molecule has 0 spiro atoms. The van der Waals surface area contributed by atoms with Crippen molar-refractivity contribution in [2.45, 2.75) is 4.21 Å². The van der Waals surface area contributed by atoms with Crippen LogP contribution in [0.1, 0.15) is 0 Å². The van der Waals surface area contributed by atoms with Crippen LogP contribution in [0.3, 0.4) is 0 Å². The van der Waals surface area contributed by atoms with Gasteiger partial charge in [0.05, 0.1) is 10.2 Å². The molecule has 0 aliphatic heterocycles. The van der Waals surface area contributed by atoms with Crippen molar-refractivity contribution in [2.24, 2.45) is 0 Å². The number of nitrogens with two attached hydrogens (primary N) is 1. The molecule has 0 bridgehead atoms. The lowest BCUT2D eigenvalue weighted by atomic mass is 10.3. The highest BCUT2D eigenvalue weighted by atomic mass is 79.9. The molecule has 0 saturated carbocycles. The van der Waals surface area contributed by atoms with Crippen LogP contribution in [0, 0.1) is 0 Å². The molecule has 0 amide bonds. The molecule has 5 nitrogen and oxygen atoms in total. The summed E-state index contributed by atoms with van der Waals surface area (Å²) in [6.45, 7) is 0. The van der Waals surface area contributed by atoms with Crippen molar-refractivity contribution in [3.05, 3.63) is 34.1 Å². The van der Waals surface area contributed by atoms with Gasteiger partial charge in [0.25, 0.3) is 10.0 Å². The number of aromatic nitrogens is 1. The number of nitrogens with one attached hydrogen (secondary N) is 1. The molecule has 1 aromatic carbocycles. The predicted octanol–water partition coefficient (Wildman–Crippen LogP) is 3.50. The average molecular weight is 390 g/mol. The van der Waals surface area contributed by atoms with Crippen LogP contribution in [0.15, 0.2) is 38.3 Å². The number of hydrogen-bond acceptors (Lipinski definition) is 6. The minimum atomic E-state index is -3.62. The molecule has 0 atom stereocenters.